The molecular formula is C30H27FN6O7S. The van der Waals surface area contributed by atoms with Crippen LogP contribution in [0.1, 0.15) is 27.0 Å². The molecular weight excluding hydrogens is 607 g/mol. The first-order valence-electron chi connectivity index (χ1n) is 13.3. The predicted octanol–water partition coefficient (Wildman–Crippen LogP) is 3.79. The Kier molecular flexibility index (Phi) is 9.42. The highest BCUT2D eigenvalue weighted by Gasteiger charge is 2.50. The Morgan fingerprint density at radius 3 is 1.98 bits per heavy atom. The molecule has 45 heavy (non-hydrogen) atoms. The van der Waals surface area contributed by atoms with Gasteiger partial charge in [-0.15, -0.1) is 5.10 Å². The number of carbonyl (C=O) groups excluding carboxylic acids is 1. The number of nitrogens with zero attached hydrogens (tertiary/aromatic N) is 5. The van der Waals surface area contributed by atoms with Gasteiger partial charge in [-0.1, -0.05) is 51.8 Å². The minimum atomic E-state index is -4.91. The molecule has 0 saturated heterocycles. The normalized spacial score (nSPS) is 11.6. The summed E-state index contributed by atoms with van der Waals surface area (Å²) in [7, 11) is -1.87. The second kappa shape index (κ2) is 13.6. The van der Waals surface area contributed by atoms with Crippen molar-refractivity contribution in [2.45, 2.75) is 18.3 Å². The topological polar surface area (TPSA) is 157 Å². The molecule has 5 rings (SSSR count). The average molecular weight is 635 g/mol. The van der Waals surface area contributed by atoms with Crippen LogP contribution < -0.4 is 14.2 Å². The SMILES string of the molecule is COc1ccc(COC(OCc2ccc(OC)cc2)(c2cccc(-c3cn(F)nn3)c2)S(=O)(=O)NC(=O)c2cncnc2)cc1. The molecule has 15 heteroatoms. The highest BCUT2D eigenvalue weighted by molar-refractivity contribution is 7.90. The lowest BCUT2D eigenvalue weighted by molar-refractivity contribution is -0.199. The summed E-state index contributed by atoms with van der Waals surface area (Å²) in [5.41, 5.74) is 1.40. The van der Waals surface area contributed by atoms with Crippen LogP contribution in [0.15, 0.2) is 97.7 Å². The molecule has 2 heterocycles. The van der Waals surface area contributed by atoms with Crippen LogP contribution in [0, 0.1) is 0 Å². The quantitative estimate of drug-likeness (QED) is 0.188. The van der Waals surface area contributed by atoms with Crippen molar-refractivity contribution in [3.8, 4) is 22.8 Å². The van der Waals surface area contributed by atoms with Crippen molar-refractivity contribution in [1.82, 2.24) is 29.9 Å². The minimum absolute atomic E-state index is 0.0223. The second-order valence-electron chi connectivity index (χ2n) is 9.46. The third kappa shape index (κ3) is 7.12. The molecule has 0 aliphatic heterocycles. The van der Waals surface area contributed by atoms with Crippen LogP contribution in [0.5, 0.6) is 11.5 Å². The van der Waals surface area contributed by atoms with Gasteiger partial charge in [0.2, 0.25) is 0 Å². The van der Waals surface area contributed by atoms with E-state index in [4.69, 9.17) is 18.9 Å². The zero-order chi connectivity index (χ0) is 31.9. The molecule has 3 aromatic carbocycles. The van der Waals surface area contributed by atoms with Gasteiger partial charge in [-0.2, -0.15) is 0 Å². The molecule has 0 radical (unpaired) electrons. The highest BCUT2D eigenvalue weighted by Crippen LogP contribution is 2.37. The summed E-state index contributed by atoms with van der Waals surface area (Å²) in [6.45, 7) is -0.553. The molecule has 232 valence electrons. The number of hydrogen-bond acceptors (Lipinski definition) is 11. The van der Waals surface area contributed by atoms with Gasteiger partial charge in [-0.3, -0.25) is 4.79 Å². The Morgan fingerprint density at radius 1 is 0.889 bits per heavy atom. The van der Waals surface area contributed by atoms with Crippen molar-refractivity contribution < 1.29 is 36.6 Å². The van der Waals surface area contributed by atoms with Gasteiger partial charge in [0.05, 0.1) is 39.2 Å². The Balaban J connectivity index is 1.62. The summed E-state index contributed by atoms with van der Waals surface area (Å²) in [5, 5.41) is 4.46. The number of ether oxygens (including phenoxy) is 4. The van der Waals surface area contributed by atoms with E-state index in [1.807, 2.05) is 0 Å². The summed E-state index contributed by atoms with van der Waals surface area (Å²) < 4.78 is 67.3. The van der Waals surface area contributed by atoms with Crippen molar-refractivity contribution in [1.29, 1.82) is 0 Å². The molecule has 0 fully saturated rings. The van der Waals surface area contributed by atoms with Gasteiger partial charge in [-0.05, 0) is 46.7 Å². The monoisotopic (exact) mass is 634 g/mol. The van der Waals surface area contributed by atoms with E-state index in [9.17, 15) is 17.7 Å². The smallest absolute Gasteiger partial charge is 0.321 e. The largest absolute Gasteiger partial charge is 0.497 e. The van der Waals surface area contributed by atoms with Crippen molar-refractivity contribution in [3.05, 3.63) is 120 Å². The van der Waals surface area contributed by atoms with E-state index in [0.717, 1.165) is 18.6 Å². The van der Waals surface area contributed by atoms with E-state index in [-0.39, 0.29) is 34.9 Å². The van der Waals surface area contributed by atoms with Crippen LogP contribution >= 0.6 is 0 Å². The predicted molar refractivity (Wildman–Crippen MR) is 158 cm³/mol. The molecule has 1 amide bonds. The van der Waals surface area contributed by atoms with E-state index in [1.54, 1.807) is 54.6 Å². The zero-order valence-electron chi connectivity index (χ0n) is 24.0. The standard InChI is InChI=1S/C30H27FN6O7S/c1-41-26-10-6-21(7-11-26)18-43-30(44-19-22-8-12-27(42-2)13-9-22,45(39,40)35-29(38)24-15-32-20-33-16-24)25-5-3-4-23(14-25)28-17-37(31)36-34-28/h3-17,20H,18-19H2,1-2H3,(H,35,38). The summed E-state index contributed by atoms with van der Waals surface area (Å²) in [5.74, 6) is 0.149. The maximum atomic E-state index is 14.4. The Hall–Kier alpha value is -5.25. The van der Waals surface area contributed by atoms with E-state index in [2.05, 4.69) is 25.0 Å². The molecule has 0 atom stereocenters. The number of hydrogen-bond donors (Lipinski definition) is 1. The van der Waals surface area contributed by atoms with Crippen LogP contribution in [0.4, 0.5) is 4.48 Å². The van der Waals surface area contributed by atoms with Crippen LogP contribution in [0.2, 0.25) is 0 Å². The third-order valence-electron chi connectivity index (χ3n) is 6.56. The number of methoxy groups -OCH3 is 2. The number of rotatable bonds is 13. The number of carbonyl (C=O) groups is 1. The number of benzene rings is 3. The van der Waals surface area contributed by atoms with Crippen LogP contribution in [0.25, 0.3) is 11.3 Å². The number of nitrogens with one attached hydrogen (secondary N) is 1. The van der Waals surface area contributed by atoms with Gasteiger partial charge in [0.15, 0.2) is 0 Å². The van der Waals surface area contributed by atoms with E-state index < -0.39 is 21.0 Å². The Labute approximate surface area is 257 Å². The van der Waals surface area contributed by atoms with Gasteiger partial charge < -0.3 is 18.9 Å². The summed E-state index contributed by atoms with van der Waals surface area (Å²) in [4.78, 5) is 20.7. The van der Waals surface area contributed by atoms with Gasteiger partial charge in [0, 0.05) is 23.5 Å². The summed E-state index contributed by atoms with van der Waals surface area (Å²) in [6, 6.07) is 19.5. The molecule has 0 saturated carbocycles. The molecule has 0 bridgehead atoms. The van der Waals surface area contributed by atoms with E-state index in [1.165, 1.54) is 38.7 Å². The number of amides is 1. The maximum absolute atomic E-state index is 14.4. The fourth-order valence-electron chi connectivity index (χ4n) is 4.23. The first-order valence-corrected chi connectivity index (χ1v) is 14.8. The van der Waals surface area contributed by atoms with Crippen molar-refractivity contribution in [2.24, 2.45) is 0 Å². The first-order chi connectivity index (χ1) is 21.7. The molecule has 2 aromatic heterocycles. The van der Waals surface area contributed by atoms with Crippen LogP contribution in [-0.2, 0) is 37.8 Å². The fourth-order valence-corrected chi connectivity index (χ4v) is 5.59. The lowest BCUT2D eigenvalue weighted by Crippen LogP contribution is -2.49. The molecule has 0 aliphatic rings. The van der Waals surface area contributed by atoms with Crippen molar-refractivity contribution >= 4 is 15.9 Å². The highest BCUT2D eigenvalue weighted by atomic mass is 32.2. The van der Waals surface area contributed by atoms with Crippen LogP contribution in [-0.4, -0.2) is 53.7 Å². The molecule has 5 aromatic rings. The van der Waals surface area contributed by atoms with E-state index in [0.29, 0.717) is 28.2 Å². The second-order valence-corrected chi connectivity index (χ2v) is 11.2. The molecule has 1 N–H and O–H groups in total. The van der Waals surface area contributed by atoms with Crippen molar-refractivity contribution in [2.75, 3.05) is 14.2 Å². The maximum Gasteiger partial charge on any atom is 0.321 e. The summed E-state index contributed by atoms with van der Waals surface area (Å²) in [6.07, 6.45) is 4.54. The lowest BCUT2D eigenvalue weighted by Gasteiger charge is -2.33. The number of halogens is 1. The number of aromatic nitrogens is 5. The fraction of sp³-hybridized carbons (Fsp3) is 0.167. The molecule has 0 unspecified atom stereocenters. The third-order valence-corrected chi connectivity index (χ3v) is 8.19. The van der Waals surface area contributed by atoms with Crippen molar-refractivity contribution in [3.63, 3.8) is 0 Å². The lowest BCUT2D eigenvalue weighted by atomic mass is 10.1. The first kappa shape index (κ1) is 31.2. The molecule has 0 aliphatic carbocycles. The zero-order valence-corrected chi connectivity index (χ0v) is 24.8. The van der Waals surface area contributed by atoms with Gasteiger partial charge in [0.25, 0.3) is 15.9 Å². The Bertz CT molecular complexity index is 1800. The molecule has 13 nitrogen and oxygen atoms in total. The van der Waals surface area contributed by atoms with Gasteiger partial charge >= 0.3 is 5.12 Å². The number of sulfonamides is 1. The van der Waals surface area contributed by atoms with Gasteiger partial charge in [-0.25, -0.2) is 23.1 Å². The average Bonchev–Trinajstić information content (AvgIpc) is 3.51. The summed E-state index contributed by atoms with van der Waals surface area (Å²) >= 11 is 0. The minimum Gasteiger partial charge on any atom is -0.497 e. The van der Waals surface area contributed by atoms with E-state index >= 15 is 0 Å². The van der Waals surface area contributed by atoms with Gasteiger partial charge in [0.1, 0.15) is 23.5 Å². The Morgan fingerprint density at radius 2 is 1.47 bits per heavy atom. The molecule has 0 spiro atoms. The van der Waals surface area contributed by atoms with Crippen LogP contribution in [0.3, 0.4) is 0 Å².